The standard InChI is InChI=1S/C21H27ClN4OS/c1-15(27)26(18-7-3-6-16(22)12-18)21-23-17(14-28-21)13-25-11-5-9-20(25)19-8-4-10-24(19)2/h3,6-7,12,14,19-20H,4-5,8-11,13H2,1-2H3/t19-,20-/m1/s1. The fraction of sp³-hybridized carbons (Fsp3) is 0.524. The van der Waals surface area contributed by atoms with E-state index in [1.54, 1.807) is 17.9 Å². The maximum absolute atomic E-state index is 12.3. The van der Waals surface area contributed by atoms with Crippen LogP contribution in [0.4, 0.5) is 10.8 Å². The highest BCUT2D eigenvalue weighted by atomic mass is 35.5. The topological polar surface area (TPSA) is 39.7 Å². The molecule has 5 nitrogen and oxygen atoms in total. The third-order valence-electron chi connectivity index (χ3n) is 5.91. The molecule has 2 aliphatic heterocycles. The van der Waals surface area contributed by atoms with Crippen molar-refractivity contribution >= 4 is 39.7 Å². The Hall–Kier alpha value is -1.47. The molecule has 2 saturated heterocycles. The molecule has 7 heteroatoms. The average Bonchev–Trinajstić information content (AvgIpc) is 3.37. The first-order chi connectivity index (χ1) is 13.5. The van der Waals surface area contributed by atoms with Crippen LogP contribution in [-0.4, -0.2) is 52.9 Å². The Morgan fingerprint density at radius 3 is 2.79 bits per heavy atom. The maximum atomic E-state index is 12.3. The number of aromatic nitrogens is 1. The second-order valence-electron chi connectivity index (χ2n) is 7.83. The van der Waals surface area contributed by atoms with Crippen molar-refractivity contribution in [1.82, 2.24) is 14.8 Å². The summed E-state index contributed by atoms with van der Waals surface area (Å²) in [5.74, 6) is -0.0604. The lowest BCUT2D eigenvalue weighted by atomic mass is 10.0. The van der Waals surface area contributed by atoms with Gasteiger partial charge in [0, 0.05) is 36.0 Å². The van der Waals surface area contributed by atoms with Gasteiger partial charge < -0.3 is 4.90 Å². The molecule has 0 bridgehead atoms. The molecule has 28 heavy (non-hydrogen) atoms. The monoisotopic (exact) mass is 418 g/mol. The third kappa shape index (κ3) is 4.10. The molecule has 150 valence electrons. The van der Waals surface area contributed by atoms with Crippen LogP contribution in [0, 0.1) is 0 Å². The van der Waals surface area contributed by atoms with Gasteiger partial charge in [-0.3, -0.25) is 14.6 Å². The molecule has 2 atom stereocenters. The summed E-state index contributed by atoms with van der Waals surface area (Å²) in [6.07, 6.45) is 5.13. The molecule has 4 rings (SSSR count). The molecule has 0 unspecified atom stereocenters. The highest BCUT2D eigenvalue weighted by molar-refractivity contribution is 7.14. The van der Waals surface area contributed by atoms with Crippen LogP contribution >= 0.6 is 22.9 Å². The molecule has 0 spiro atoms. The van der Waals surface area contributed by atoms with Crippen LogP contribution < -0.4 is 4.90 Å². The summed E-state index contributed by atoms with van der Waals surface area (Å²) in [5.41, 5.74) is 1.80. The average molecular weight is 419 g/mol. The van der Waals surface area contributed by atoms with Gasteiger partial charge >= 0.3 is 0 Å². The predicted molar refractivity (Wildman–Crippen MR) is 115 cm³/mol. The highest BCUT2D eigenvalue weighted by Gasteiger charge is 2.36. The molecule has 2 fully saturated rings. The number of benzene rings is 1. The summed E-state index contributed by atoms with van der Waals surface area (Å²) in [4.78, 5) is 23.9. The lowest BCUT2D eigenvalue weighted by molar-refractivity contribution is -0.115. The minimum absolute atomic E-state index is 0.0604. The summed E-state index contributed by atoms with van der Waals surface area (Å²) in [7, 11) is 2.25. The van der Waals surface area contributed by atoms with E-state index in [0.717, 1.165) is 24.5 Å². The molecule has 1 aromatic heterocycles. The normalized spacial score (nSPS) is 23.4. The second-order valence-corrected chi connectivity index (χ2v) is 9.10. The van der Waals surface area contributed by atoms with Crippen LogP contribution in [0.5, 0.6) is 0 Å². The smallest absolute Gasteiger partial charge is 0.230 e. The number of hydrogen-bond donors (Lipinski definition) is 0. The van der Waals surface area contributed by atoms with Gasteiger partial charge in [-0.1, -0.05) is 17.7 Å². The minimum atomic E-state index is -0.0604. The zero-order chi connectivity index (χ0) is 19.7. The molecule has 1 aromatic carbocycles. The Kier molecular flexibility index (Phi) is 6.01. The van der Waals surface area contributed by atoms with Crippen molar-refractivity contribution in [2.24, 2.45) is 0 Å². The largest absolute Gasteiger partial charge is 0.302 e. The van der Waals surface area contributed by atoms with Gasteiger partial charge in [-0.2, -0.15) is 0 Å². The van der Waals surface area contributed by atoms with Gasteiger partial charge in [0.25, 0.3) is 0 Å². The van der Waals surface area contributed by atoms with E-state index >= 15 is 0 Å². The Morgan fingerprint density at radius 2 is 2.07 bits per heavy atom. The van der Waals surface area contributed by atoms with E-state index in [-0.39, 0.29) is 5.91 Å². The summed E-state index contributed by atoms with van der Waals surface area (Å²) in [5, 5.41) is 3.41. The Bertz CT molecular complexity index is 841. The van der Waals surface area contributed by atoms with E-state index in [9.17, 15) is 4.79 Å². The van der Waals surface area contributed by atoms with Crippen LogP contribution in [0.15, 0.2) is 29.6 Å². The molecule has 0 N–H and O–H groups in total. The number of likely N-dealkylation sites (tertiary alicyclic amines) is 2. The van der Waals surface area contributed by atoms with E-state index in [4.69, 9.17) is 16.6 Å². The van der Waals surface area contributed by atoms with Crippen molar-refractivity contribution in [2.75, 3.05) is 25.0 Å². The molecular formula is C21H27ClN4OS. The zero-order valence-electron chi connectivity index (χ0n) is 16.5. The van der Waals surface area contributed by atoms with E-state index in [0.29, 0.717) is 22.2 Å². The number of anilines is 2. The van der Waals surface area contributed by atoms with Crippen molar-refractivity contribution in [3.05, 3.63) is 40.4 Å². The second kappa shape index (κ2) is 8.49. The molecular weight excluding hydrogens is 392 g/mol. The summed E-state index contributed by atoms with van der Waals surface area (Å²) in [6.45, 7) is 4.76. The first-order valence-corrected chi connectivity index (χ1v) is 11.2. The molecule has 2 aliphatic rings. The van der Waals surface area contributed by atoms with Crippen molar-refractivity contribution in [3.63, 3.8) is 0 Å². The van der Waals surface area contributed by atoms with E-state index < -0.39 is 0 Å². The van der Waals surface area contributed by atoms with Crippen molar-refractivity contribution in [1.29, 1.82) is 0 Å². The first kappa shape index (κ1) is 19.8. The number of amides is 1. The maximum Gasteiger partial charge on any atom is 0.230 e. The predicted octanol–water partition coefficient (Wildman–Crippen LogP) is 4.54. The fourth-order valence-electron chi connectivity index (χ4n) is 4.63. The van der Waals surface area contributed by atoms with Crippen LogP contribution in [0.1, 0.15) is 38.3 Å². The molecule has 0 radical (unpaired) electrons. The van der Waals surface area contributed by atoms with Gasteiger partial charge in [0.05, 0.1) is 11.4 Å². The number of hydrogen-bond acceptors (Lipinski definition) is 5. The summed E-state index contributed by atoms with van der Waals surface area (Å²) < 4.78 is 0. The lowest BCUT2D eigenvalue weighted by Gasteiger charge is -2.32. The number of nitrogens with zero attached hydrogens (tertiary/aromatic N) is 4. The quantitative estimate of drug-likeness (QED) is 0.714. The summed E-state index contributed by atoms with van der Waals surface area (Å²) in [6, 6.07) is 8.64. The van der Waals surface area contributed by atoms with Gasteiger partial charge in [-0.15, -0.1) is 11.3 Å². The number of likely N-dealkylation sites (N-methyl/N-ethyl adjacent to an activating group) is 1. The fourth-order valence-corrected chi connectivity index (χ4v) is 5.69. The zero-order valence-corrected chi connectivity index (χ0v) is 18.0. The van der Waals surface area contributed by atoms with Crippen molar-refractivity contribution < 1.29 is 4.79 Å². The number of rotatable bonds is 5. The SMILES string of the molecule is CC(=O)N(c1cccc(Cl)c1)c1nc(CN2CCC[C@@H]2[C@H]2CCCN2C)cs1. The molecule has 1 amide bonds. The molecule has 0 aliphatic carbocycles. The van der Waals surface area contributed by atoms with Gasteiger partial charge in [0.2, 0.25) is 5.91 Å². The lowest BCUT2D eigenvalue weighted by Crippen LogP contribution is -2.44. The van der Waals surface area contributed by atoms with Crippen LogP contribution in [-0.2, 0) is 11.3 Å². The first-order valence-electron chi connectivity index (χ1n) is 9.98. The molecule has 0 saturated carbocycles. The Balaban J connectivity index is 1.51. The molecule has 2 aromatic rings. The van der Waals surface area contributed by atoms with Gasteiger partial charge in [0.1, 0.15) is 0 Å². The minimum Gasteiger partial charge on any atom is -0.302 e. The van der Waals surface area contributed by atoms with Crippen molar-refractivity contribution in [3.8, 4) is 0 Å². The highest BCUT2D eigenvalue weighted by Crippen LogP contribution is 2.33. The van der Waals surface area contributed by atoms with Gasteiger partial charge in [-0.05, 0) is 64.0 Å². The third-order valence-corrected chi connectivity index (χ3v) is 7.02. The van der Waals surface area contributed by atoms with Crippen LogP contribution in [0.25, 0.3) is 0 Å². The number of carbonyl (C=O) groups excluding carboxylic acids is 1. The Morgan fingerprint density at radius 1 is 1.29 bits per heavy atom. The number of halogens is 1. The van der Waals surface area contributed by atoms with Crippen LogP contribution in [0.2, 0.25) is 5.02 Å². The Labute approximate surface area is 175 Å². The van der Waals surface area contributed by atoms with Crippen molar-refractivity contribution in [2.45, 2.75) is 51.2 Å². The molecule has 3 heterocycles. The number of carbonyl (C=O) groups is 1. The number of thiazole rings is 1. The van der Waals surface area contributed by atoms with E-state index in [1.165, 1.54) is 43.6 Å². The van der Waals surface area contributed by atoms with Gasteiger partial charge in [0.15, 0.2) is 5.13 Å². The van der Waals surface area contributed by atoms with E-state index in [1.807, 2.05) is 18.2 Å². The summed E-state index contributed by atoms with van der Waals surface area (Å²) >= 11 is 7.64. The van der Waals surface area contributed by atoms with E-state index in [2.05, 4.69) is 22.2 Å². The van der Waals surface area contributed by atoms with Crippen LogP contribution in [0.3, 0.4) is 0 Å². The van der Waals surface area contributed by atoms with Gasteiger partial charge in [-0.25, -0.2) is 4.98 Å².